The van der Waals surface area contributed by atoms with Gasteiger partial charge in [0, 0.05) is 5.38 Å². The molecule has 1 amide bonds. The van der Waals surface area contributed by atoms with Crippen molar-refractivity contribution in [2.45, 2.75) is 13.5 Å². The molecule has 0 saturated carbocycles. The Hall–Kier alpha value is -2.58. The summed E-state index contributed by atoms with van der Waals surface area (Å²) < 4.78 is 0. The quantitative estimate of drug-likeness (QED) is 0.736. The lowest BCUT2D eigenvalue weighted by Crippen LogP contribution is -2.31. The topological polar surface area (TPSA) is 91.0 Å². The number of aromatic nitrogens is 3. The first-order chi connectivity index (χ1) is 11.5. The zero-order chi connectivity index (χ0) is 17.1. The summed E-state index contributed by atoms with van der Waals surface area (Å²) in [7, 11) is 1.79. The van der Waals surface area contributed by atoms with Crippen molar-refractivity contribution < 1.29 is 4.79 Å². The molecule has 0 bridgehead atoms. The third-order valence-electron chi connectivity index (χ3n) is 3.36. The van der Waals surface area contributed by atoms with Gasteiger partial charge in [0.1, 0.15) is 5.82 Å². The second-order valence-electron chi connectivity index (χ2n) is 5.54. The van der Waals surface area contributed by atoms with Crippen LogP contribution in [0.3, 0.4) is 0 Å². The molecule has 0 aliphatic carbocycles. The number of rotatable bonds is 5. The molecule has 2 N–H and O–H groups in total. The van der Waals surface area contributed by atoms with Crippen LogP contribution in [-0.4, -0.2) is 39.4 Å². The maximum absolute atomic E-state index is 12.0. The van der Waals surface area contributed by atoms with Gasteiger partial charge in [0.05, 0.1) is 29.7 Å². The highest BCUT2D eigenvalue weighted by molar-refractivity contribution is 7.13. The van der Waals surface area contributed by atoms with Crippen LogP contribution in [0.15, 0.2) is 34.4 Å². The average Bonchev–Trinajstić information content (AvgIpc) is 2.92. The van der Waals surface area contributed by atoms with E-state index in [1.54, 1.807) is 30.1 Å². The van der Waals surface area contributed by atoms with Crippen molar-refractivity contribution in [1.29, 1.82) is 0 Å². The predicted octanol–water partition coefficient (Wildman–Crippen LogP) is 1.76. The first-order valence-corrected chi connectivity index (χ1v) is 8.27. The second-order valence-corrected chi connectivity index (χ2v) is 6.40. The molecule has 0 radical (unpaired) electrons. The van der Waals surface area contributed by atoms with Crippen molar-refractivity contribution in [3.8, 4) is 0 Å². The molecule has 2 aromatic heterocycles. The van der Waals surface area contributed by atoms with Crippen LogP contribution in [0.1, 0.15) is 11.5 Å². The Morgan fingerprint density at radius 1 is 1.33 bits per heavy atom. The molecule has 24 heavy (non-hydrogen) atoms. The van der Waals surface area contributed by atoms with Crippen LogP contribution < -0.4 is 10.9 Å². The monoisotopic (exact) mass is 343 g/mol. The molecular formula is C16H17N5O2S. The number of hydrogen-bond donors (Lipinski definition) is 2. The Bertz CT molecular complexity index is 933. The molecule has 0 aliphatic heterocycles. The number of benzene rings is 1. The molecule has 3 rings (SSSR count). The van der Waals surface area contributed by atoms with Crippen LogP contribution in [0.4, 0.5) is 5.13 Å². The van der Waals surface area contributed by atoms with Gasteiger partial charge in [0.2, 0.25) is 5.91 Å². The third-order valence-corrected chi connectivity index (χ3v) is 4.24. The molecule has 0 saturated heterocycles. The van der Waals surface area contributed by atoms with Gasteiger partial charge in [0.25, 0.3) is 5.56 Å². The van der Waals surface area contributed by atoms with E-state index in [1.165, 1.54) is 11.3 Å². The minimum absolute atomic E-state index is 0.157. The molecule has 0 fully saturated rings. The summed E-state index contributed by atoms with van der Waals surface area (Å²) in [6.45, 7) is 2.42. The van der Waals surface area contributed by atoms with Crippen LogP contribution in [0.25, 0.3) is 10.9 Å². The number of carbonyl (C=O) groups is 1. The molecular weight excluding hydrogens is 326 g/mol. The number of hydrogen-bond acceptors (Lipinski definition) is 6. The lowest BCUT2D eigenvalue weighted by molar-refractivity contribution is -0.117. The van der Waals surface area contributed by atoms with Crippen LogP contribution in [0.2, 0.25) is 0 Å². The van der Waals surface area contributed by atoms with E-state index in [0.717, 1.165) is 5.69 Å². The predicted molar refractivity (Wildman–Crippen MR) is 94.2 cm³/mol. The van der Waals surface area contributed by atoms with E-state index in [0.29, 0.717) is 28.4 Å². The number of para-hydroxylation sites is 1. The molecule has 0 spiro atoms. The van der Waals surface area contributed by atoms with Gasteiger partial charge in [-0.05, 0) is 26.1 Å². The first-order valence-electron chi connectivity index (χ1n) is 7.40. The Labute approximate surface area is 142 Å². The van der Waals surface area contributed by atoms with Gasteiger partial charge in [-0.3, -0.25) is 14.5 Å². The van der Waals surface area contributed by atoms with Gasteiger partial charge in [-0.1, -0.05) is 12.1 Å². The van der Waals surface area contributed by atoms with E-state index in [-0.39, 0.29) is 18.0 Å². The zero-order valence-corrected chi connectivity index (χ0v) is 14.2. The minimum atomic E-state index is -0.174. The van der Waals surface area contributed by atoms with Gasteiger partial charge >= 0.3 is 0 Å². The summed E-state index contributed by atoms with van der Waals surface area (Å²) in [5.41, 5.74) is 1.35. The number of carbonyl (C=O) groups excluding carboxylic acids is 1. The largest absolute Gasteiger partial charge is 0.309 e. The Balaban J connectivity index is 1.65. The van der Waals surface area contributed by atoms with Crippen LogP contribution in [-0.2, 0) is 11.3 Å². The highest BCUT2D eigenvalue weighted by atomic mass is 32.1. The summed E-state index contributed by atoms with van der Waals surface area (Å²) in [5, 5.41) is 5.78. The van der Waals surface area contributed by atoms with Crippen molar-refractivity contribution in [1.82, 2.24) is 19.9 Å². The lowest BCUT2D eigenvalue weighted by atomic mass is 10.2. The van der Waals surface area contributed by atoms with Gasteiger partial charge in [-0.2, -0.15) is 0 Å². The van der Waals surface area contributed by atoms with Crippen molar-refractivity contribution in [3.63, 3.8) is 0 Å². The van der Waals surface area contributed by atoms with E-state index >= 15 is 0 Å². The van der Waals surface area contributed by atoms with Gasteiger partial charge < -0.3 is 10.3 Å². The number of likely N-dealkylation sites (N-methyl/N-ethyl adjacent to an activating group) is 1. The zero-order valence-electron chi connectivity index (χ0n) is 13.4. The summed E-state index contributed by atoms with van der Waals surface area (Å²) >= 11 is 1.39. The standard InChI is InChI=1S/C16H17N5O2S/c1-10-9-24-16(17-10)20-14(22)8-21(2)7-13-18-12-6-4-3-5-11(12)15(23)19-13/h3-6,9H,7-8H2,1-2H3,(H,17,20,22)(H,18,19,23). The lowest BCUT2D eigenvalue weighted by Gasteiger charge is -2.15. The van der Waals surface area contributed by atoms with E-state index in [1.807, 2.05) is 18.4 Å². The summed E-state index contributed by atoms with van der Waals surface area (Å²) in [6, 6.07) is 7.17. The van der Waals surface area contributed by atoms with E-state index < -0.39 is 0 Å². The fraction of sp³-hybridized carbons (Fsp3) is 0.250. The van der Waals surface area contributed by atoms with Crippen LogP contribution in [0, 0.1) is 6.92 Å². The normalized spacial score (nSPS) is 11.1. The molecule has 0 atom stereocenters. The maximum atomic E-state index is 12.0. The second kappa shape index (κ2) is 6.90. The Morgan fingerprint density at radius 2 is 2.12 bits per heavy atom. The van der Waals surface area contributed by atoms with E-state index in [4.69, 9.17) is 0 Å². The fourth-order valence-electron chi connectivity index (χ4n) is 2.34. The molecule has 2 heterocycles. The number of aryl methyl sites for hydroxylation is 1. The van der Waals surface area contributed by atoms with E-state index in [2.05, 4.69) is 20.3 Å². The maximum Gasteiger partial charge on any atom is 0.258 e. The smallest absolute Gasteiger partial charge is 0.258 e. The number of nitrogens with one attached hydrogen (secondary N) is 2. The van der Waals surface area contributed by atoms with Crippen molar-refractivity contribution >= 4 is 33.3 Å². The molecule has 0 aliphatic rings. The summed E-state index contributed by atoms with van der Waals surface area (Å²) in [4.78, 5) is 37.2. The molecule has 7 nitrogen and oxygen atoms in total. The SMILES string of the molecule is Cc1csc(NC(=O)CN(C)Cc2nc3ccccc3c(=O)[nH]2)n1. The van der Waals surface area contributed by atoms with Gasteiger partial charge in [0.15, 0.2) is 5.13 Å². The summed E-state index contributed by atoms with van der Waals surface area (Å²) in [5.74, 6) is 0.370. The number of anilines is 1. The Morgan fingerprint density at radius 3 is 2.88 bits per heavy atom. The molecule has 3 aromatic rings. The number of aromatic amines is 1. The molecule has 124 valence electrons. The van der Waals surface area contributed by atoms with Crippen molar-refractivity contribution in [2.24, 2.45) is 0 Å². The fourth-order valence-corrected chi connectivity index (χ4v) is 3.04. The summed E-state index contributed by atoms with van der Waals surface area (Å²) in [6.07, 6.45) is 0. The van der Waals surface area contributed by atoms with Crippen LogP contribution >= 0.6 is 11.3 Å². The van der Waals surface area contributed by atoms with Gasteiger partial charge in [-0.25, -0.2) is 9.97 Å². The molecule has 1 aromatic carbocycles. The number of H-pyrrole nitrogens is 1. The average molecular weight is 343 g/mol. The number of nitrogens with zero attached hydrogens (tertiary/aromatic N) is 3. The number of fused-ring (bicyclic) bond motifs is 1. The van der Waals surface area contributed by atoms with Gasteiger partial charge in [-0.15, -0.1) is 11.3 Å². The number of thiazole rings is 1. The highest BCUT2D eigenvalue weighted by Gasteiger charge is 2.11. The molecule has 8 heteroatoms. The number of amides is 1. The minimum Gasteiger partial charge on any atom is -0.309 e. The van der Waals surface area contributed by atoms with E-state index in [9.17, 15) is 9.59 Å². The highest BCUT2D eigenvalue weighted by Crippen LogP contribution is 2.14. The molecule has 0 unspecified atom stereocenters. The van der Waals surface area contributed by atoms with Crippen LogP contribution in [0.5, 0.6) is 0 Å². The van der Waals surface area contributed by atoms with Crippen molar-refractivity contribution in [2.75, 3.05) is 18.9 Å². The van der Waals surface area contributed by atoms with Crippen molar-refractivity contribution in [3.05, 3.63) is 51.5 Å². The Kier molecular flexibility index (Phi) is 4.68. The third kappa shape index (κ3) is 3.84. The first kappa shape index (κ1) is 16.3.